The van der Waals surface area contributed by atoms with E-state index in [1.54, 1.807) is 4.90 Å². The maximum Gasteiger partial charge on any atom is 0.318 e. The lowest BCUT2D eigenvalue weighted by atomic mass is 9.80. The number of ether oxygens (including phenoxy) is 1. The zero-order valence-electron chi connectivity index (χ0n) is 20.1. The average molecular weight is 465 g/mol. The van der Waals surface area contributed by atoms with Crippen LogP contribution in [0.1, 0.15) is 78.1 Å². The SMILES string of the molecule is CC(C)CC(NC(=O)C1(NC(=O)N2CCOCC2)CCCCC1)C(=O)C(=O)NC1CCCC1. The predicted octanol–water partition coefficient (Wildman–Crippen LogP) is 1.89. The van der Waals surface area contributed by atoms with Crippen LogP contribution < -0.4 is 16.0 Å². The van der Waals surface area contributed by atoms with Crippen molar-refractivity contribution in [1.82, 2.24) is 20.9 Å². The molecule has 3 N–H and O–H groups in total. The zero-order chi connectivity index (χ0) is 23.8. The van der Waals surface area contributed by atoms with E-state index in [1.165, 1.54) is 0 Å². The molecule has 0 spiro atoms. The summed E-state index contributed by atoms with van der Waals surface area (Å²) < 4.78 is 5.32. The van der Waals surface area contributed by atoms with Crippen LogP contribution in [0.5, 0.6) is 0 Å². The summed E-state index contributed by atoms with van der Waals surface area (Å²) in [5.74, 6) is -1.47. The van der Waals surface area contributed by atoms with Crippen LogP contribution in [0.15, 0.2) is 0 Å². The number of Topliss-reactive ketones (excluding diaryl/α,β-unsaturated/α-hetero) is 1. The molecular formula is C24H40N4O5. The summed E-state index contributed by atoms with van der Waals surface area (Å²) in [6.45, 7) is 5.84. The Morgan fingerprint density at radius 3 is 2.21 bits per heavy atom. The van der Waals surface area contributed by atoms with Crippen LogP contribution in [0, 0.1) is 5.92 Å². The maximum absolute atomic E-state index is 13.5. The molecule has 1 atom stereocenters. The van der Waals surface area contributed by atoms with Gasteiger partial charge >= 0.3 is 6.03 Å². The third-order valence-electron chi connectivity index (χ3n) is 7.03. The first-order valence-electron chi connectivity index (χ1n) is 12.6. The first-order valence-corrected chi connectivity index (χ1v) is 12.6. The van der Waals surface area contributed by atoms with Gasteiger partial charge in [-0.15, -0.1) is 0 Å². The van der Waals surface area contributed by atoms with Crippen LogP contribution in [-0.2, 0) is 19.1 Å². The van der Waals surface area contributed by atoms with Gasteiger partial charge in [-0.25, -0.2) is 4.79 Å². The number of amides is 4. The Balaban J connectivity index is 1.70. The largest absolute Gasteiger partial charge is 0.378 e. The van der Waals surface area contributed by atoms with E-state index in [4.69, 9.17) is 4.74 Å². The van der Waals surface area contributed by atoms with E-state index in [9.17, 15) is 19.2 Å². The zero-order valence-corrected chi connectivity index (χ0v) is 20.1. The van der Waals surface area contributed by atoms with Crippen molar-refractivity contribution in [2.45, 2.75) is 95.7 Å². The van der Waals surface area contributed by atoms with Crippen LogP contribution in [0.4, 0.5) is 4.79 Å². The Hall–Kier alpha value is -2.16. The molecule has 3 fully saturated rings. The molecule has 9 nitrogen and oxygen atoms in total. The second-order valence-corrected chi connectivity index (χ2v) is 10.1. The van der Waals surface area contributed by atoms with Crippen LogP contribution >= 0.6 is 0 Å². The molecule has 2 aliphatic carbocycles. The van der Waals surface area contributed by atoms with Gasteiger partial charge in [0.2, 0.25) is 11.7 Å². The van der Waals surface area contributed by atoms with E-state index in [0.717, 1.165) is 44.9 Å². The minimum Gasteiger partial charge on any atom is -0.378 e. The monoisotopic (exact) mass is 464 g/mol. The number of carbonyl (C=O) groups excluding carboxylic acids is 4. The number of hydrogen-bond acceptors (Lipinski definition) is 5. The Morgan fingerprint density at radius 1 is 0.970 bits per heavy atom. The summed E-state index contributed by atoms with van der Waals surface area (Å²) in [5.41, 5.74) is -1.06. The number of carbonyl (C=O) groups is 4. The fraction of sp³-hybridized carbons (Fsp3) is 0.833. The maximum atomic E-state index is 13.5. The fourth-order valence-corrected chi connectivity index (χ4v) is 5.10. The summed E-state index contributed by atoms with van der Waals surface area (Å²) in [5, 5.41) is 8.70. The molecule has 0 radical (unpaired) electrons. The smallest absolute Gasteiger partial charge is 0.318 e. The lowest BCUT2D eigenvalue weighted by Gasteiger charge is -2.39. The van der Waals surface area contributed by atoms with Crippen LogP contribution in [0.25, 0.3) is 0 Å². The van der Waals surface area contributed by atoms with Crippen LogP contribution in [0.2, 0.25) is 0 Å². The van der Waals surface area contributed by atoms with E-state index in [2.05, 4.69) is 16.0 Å². The number of nitrogens with zero attached hydrogens (tertiary/aromatic N) is 1. The highest BCUT2D eigenvalue weighted by Crippen LogP contribution is 2.29. The Bertz CT molecular complexity index is 708. The minimum atomic E-state index is -1.06. The molecule has 9 heteroatoms. The van der Waals surface area contributed by atoms with Crippen molar-refractivity contribution < 1.29 is 23.9 Å². The molecule has 33 heavy (non-hydrogen) atoms. The lowest BCUT2D eigenvalue weighted by molar-refractivity contribution is -0.141. The van der Waals surface area contributed by atoms with Gasteiger partial charge in [0.15, 0.2) is 0 Å². The Labute approximate surface area is 196 Å². The molecule has 2 saturated carbocycles. The summed E-state index contributed by atoms with van der Waals surface area (Å²) in [4.78, 5) is 53.8. The van der Waals surface area contributed by atoms with Crippen molar-refractivity contribution in [2.24, 2.45) is 5.92 Å². The highest BCUT2D eigenvalue weighted by Gasteiger charge is 2.43. The third kappa shape index (κ3) is 6.91. The normalized spacial score (nSPS) is 22.0. The van der Waals surface area contributed by atoms with Crippen molar-refractivity contribution in [3.63, 3.8) is 0 Å². The fourth-order valence-electron chi connectivity index (χ4n) is 5.10. The third-order valence-corrected chi connectivity index (χ3v) is 7.03. The quantitative estimate of drug-likeness (QED) is 0.474. The Morgan fingerprint density at radius 2 is 1.61 bits per heavy atom. The van der Waals surface area contributed by atoms with Gasteiger partial charge in [-0.05, 0) is 38.0 Å². The van der Waals surface area contributed by atoms with Gasteiger partial charge in [0.1, 0.15) is 5.54 Å². The molecular weight excluding hydrogens is 424 g/mol. The van der Waals surface area contributed by atoms with Gasteiger partial charge in [-0.1, -0.05) is 46.0 Å². The molecule has 0 aromatic heterocycles. The molecule has 1 heterocycles. The number of morpholine rings is 1. The molecule has 3 rings (SSSR count). The Kier molecular flexibility index (Phi) is 9.11. The number of rotatable bonds is 8. The molecule has 0 aromatic rings. The number of urea groups is 1. The summed E-state index contributed by atoms with van der Waals surface area (Å²) in [6.07, 6.45) is 7.93. The van der Waals surface area contributed by atoms with Gasteiger partial charge < -0.3 is 25.6 Å². The number of hydrogen-bond donors (Lipinski definition) is 3. The number of ketones is 1. The van der Waals surface area contributed by atoms with Gasteiger partial charge in [-0.2, -0.15) is 0 Å². The van der Waals surface area contributed by atoms with Crippen LogP contribution in [0.3, 0.4) is 0 Å². The highest BCUT2D eigenvalue weighted by molar-refractivity contribution is 6.38. The molecule has 186 valence electrons. The number of nitrogens with one attached hydrogen (secondary N) is 3. The molecule has 4 amide bonds. The van der Waals surface area contributed by atoms with Crippen LogP contribution in [-0.4, -0.2) is 72.5 Å². The van der Waals surface area contributed by atoms with Gasteiger partial charge in [0.05, 0.1) is 19.3 Å². The van der Waals surface area contributed by atoms with Crippen molar-refractivity contribution in [2.75, 3.05) is 26.3 Å². The summed E-state index contributed by atoms with van der Waals surface area (Å²) >= 11 is 0. The molecule has 1 saturated heterocycles. The first kappa shape index (κ1) is 25.5. The van der Waals surface area contributed by atoms with Crippen molar-refractivity contribution >= 4 is 23.6 Å². The first-order chi connectivity index (χ1) is 15.8. The van der Waals surface area contributed by atoms with Gasteiger partial charge in [0.25, 0.3) is 5.91 Å². The topological polar surface area (TPSA) is 117 Å². The molecule has 1 unspecified atom stereocenters. The lowest BCUT2D eigenvalue weighted by Crippen LogP contribution is -2.65. The molecule has 1 aliphatic heterocycles. The second kappa shape index (κ2) is 11.8. The van der Waals surface area contributed by atoms with Crippen molar-refractivity contribution in [3.8, 4) is 0 Å². The molecule has 0 aromatic carbocycles. The van der Waals surface area contributed by atoms with Crippen molar-refractivity contribution in [1.29, 1.82) is 0 Å². The summed E-state index contributed by atoms with van der Waals surface area (Å²) in [7, 11) is 0. The average Bonchev–Trinajstić information content (AvgIpc) is 3.32. The van der Waals surface area contributed by atoms with E-state index in [0.29, 0.717) is 45.6 Å². The molecule has 3 aliphatic rings. The van der Waals surface area contributed by atoms with Crippen molar-refractivity contribution in [3.05, 3.63) is 0 Å². The predicted molar refractivity (Wildman–Crippen MR) is 124 cm³/mol. The van der Waals surface area contributed by atoms with E-state index in [-0.39, 0.29) is 23.9 Å². The standard InChI is InChI=1S/C24H40N4O5/c1-17(2)16-19(20(29)21(30)25-18-8-4-5-9-18)26-22(31)24(10-6-3-7-11-24)27-23(32)28-12-14-33-15-13-28/h17-19H,3-16H2,1-2H3,(H,25,30)(H,26,31)(H,27,32). The second-order valence-electron chi connectivity index (χ2n) is 10.1. The highest BCUT2D eigenvalue weighted by atomic mass is 16.5. The van der Waals surface area contributed by atoms with E-state index < -0.39 is 23.3 Å². The van der Waals surface area contributed by atoms with Gasteiger partial charge in [0, 0.05) is 19.1 Å². The summed E-state index contributed by atoms with van der Waals surface area (Å²) in [6, 6.07) is -1.14. The minimum absolute atomic E-state index is 0.0364. The van der Waals surface area contributed by atoms with Gasteiger partial charge in [-0.3, -0.25) is 14.4 Å². The van der Waals surface area contributed by atoms with E-state index >= 15 is 0 Å². The molecule has 0 bridgehead atoms. The van der Waals surface area contributed by atoms with E-state index in [1.807, 2.05) is 13.8 Å².